The van der Waals surface area contributed by atoms with E-state index in [1.807, 2.05) is 0 Å². The third-order valence-electron chi connectivity index (χ3n) is 5.44. The van der Waals surface area contributed by atoms with Crippen LogP contribution >= 0.6 is 0 Å². The second-order valence-corrected chi connectivity index (χ2v) is 7.48. The number of amides is 1. The van der Waals surface area contributed by atoms with Gasteiger partial charge in [-0.05, 0) is 51.1 Å². The quantitative estimate of drug-likeness (QED) is 0.836. The highest BCUT2D eigenvalue weighted by atomic mass is 19.1. The molecule has 148 valence electrons. The Kier molecular flexibility index (Phi) is 4.61. The van der Waals surface area contributed by atoms with Crippen LogP contribution in [0, 0.1) is 22.9 Å². The number of nitrogens with zero attached hydrogens (tertiary/aromatic N) is 2. The molecule has 0 aromatic heterocycles. The van der Waals surface area contributed by atoms with E-state index < -0.39 is 28.4 Å². The molecule has 1 aliphatic heterocycles. The predicted molar refractivity (Wildman–Crippen MR) is 102 cm³/mol. The second-order valence-electron chi connectivity index (χ2n) is 7.48. The number of rotatable bonds is 3. The summed E-state index contributed by atoms with van der Waals surface area (Å²) in [5.74, 6) is -2.38. The molecule has 0 bridgehead atoms. The molecule has 2 aromatic carbocycles. The molecule has 1 atom stereocenters. The van der Waals surface area contributed by atoms with Crippen LogP contribution in [0.25, 0.3) is 0 Å². The minimum absolute atomic E-state index is 0.0193. The Hall–Kier alpha value is -3.03. The monoisotopic (exact) mass is 390 g/mol. The van der Waals surface area contributed by atoms with Crippen molar-refractivity contribution in [1.82, 2.24) is 4.90 Å². The average molecular weight is 390 g/mol. The van der Waals surface area contributed by atoms with E-state index in [1.165, 1.54) is 36.2 Å². The molecule has 3 N–H and O–H groups in total. The van der Waals surface area contributed by atoms with Crippen molar-refractivity contribution in [3.8, 4) is 0 Å². The summed E-state index contributed by atoms with van der Waals surface area (Å²) in [6.07, 6.45) is 0. The van der Waals surface area contributed by atoms with Gasteiger partial charge in [-0.15, -0.1) is 0 Å². The lowest BCUT2D eigenvalue weighted by atomic mass is 9.67. The number of hydrogen-bond donors (Lipinski definition) is 2. The highest BCUT2D eigenvalue weighted by Crippen LogP contribution is 2.47. The Morgan fingerprint density at radius 3 is 2.36 bits per heavy atom. The van der Waals surface area contributed by atoms with E-state index >= 15 is 0 Å². The van der Waals surface area contributed by atoms with Crippen LogP contribution in [0.4, 0.5) is 24.5 Å². The van der Waals surface area contributed by atoms with Crippen LogP contribution in [-0.2, 0) is 10.3 Å². The van der Waals surface area contributed by atoms with Crippen LogP contribution in [-0.4, -0.2) is 23.8 Å². The number of guanidine groups is 1. The number of anilines is 2. The van der Waals surface area contributed by atoms with Crippen LogP contribution in [0.2, 0.25) is 0 Å². The van der Waals surface area contributed by atoms with Gasteiger partial charge in [0.25, 0.3) is 0 Å². The number of carbonyl (C=O) groups excluding carboxylic acids is 1. The smallest absolute Gasteiger partial charge is 0.237 e. The molecule has 1 unspecified atom stereocenters. The number of nitrogens with one attached hydrogen (secondary N) is 1. The Labute approximate surface area is 161 Å². The van der Waals surface area contributed by atoms with Gasteiger partial charge >= 0.3 is 0 Å². The van der Waals surface area contributed by atoms with Crippen LogP contribution < -0.4 is 11.1 Å². The van der Waals surface area contributed by atoms with Gasteiger partial charge in [0.05, 0.1) is 11.1 Å². The van der Waals surface area contributed by atoms with Gasteiger partial charge in [-0.25, -0.2) is 18.2 Å². The summed E-state index contributed by atoms with van der Waals surface area (Å²) < 4.78 is 41.8. The molecule has 2 aromatic rings. The zero-order chi connectivity index (χ0) is 20.9. The number of benzene rings is 2. The highest BCUT2D eigenvalue weighted by Gasteiger charge is 2.53. The van der Waals surface area contributed by atoms with Crippen LogP contribution in [0.1, 0.15) is 26.3 Å². The molecule has 3 rings (SSSR count). The number of aliphatic imine (C=N–C) groups is 1. The Morgan fingerprint density at radius 2 is 1.71 bits per heavy atom. The maximum Gasteiger partial charge on any atom is 0.237 e. The normalized spacial score (nSPS) is 21.5. The minimum Gasteiger partial charge on any atom is -0.369 e. The fraction of sp³-hybridized carbons (Fsp3) is 0.300. The van der Waals surface area contributed by atoms with E-state index in [-0.39, 0.29) is 23.1 Å². The lowest BCUT2D eigenvalue weighted by Crippen LogP contribution is -2.58. The maximum atomic E-state index is 14.8. The van der Waals surface area contributed by atoms with Gasteiger partial charge in [0.15, 0.2) is 5.96 Å². The van der Waals surface area contributed by atoms with Gasteiger partial charge in [-0.1, -0.05) is 0 Å². The topological polar surface area (TPSA) is 70.7 Å². The minimum atomic E-state index is -1.29. The zero-order valence-electron chi connectivity index (χ0n) is 16.0. The van der Waals surface area contributed by atoms with E-state index in [9.17, 15) is 18.0 Å². The second kappa shape index (κ2) is 6.54. The van der Waals surface area contributed by atoms with E-state index in [4.69, 9.17) is 5.73 Å². The summed E-state index contributed by atoms with van der Waals surface area (Å²) in [7, 11) is 1.51. The Balaban J connectivity index is 2.10. The average Bonchev–Trinajstić information content (AvgIpc) is 2.62. The lowest BCUT2D eigenvalue weighted by Gasteiger charge is -2.46. The molecule has 1 aliphatic rings. The van der Waals surface area contributed by atoms with Gasteiger partial charge in [0.2, 0.25) is 5.91 Å². The van der Waals surface area contributed by atoms with Crippen molar-refractivity contribution in [3.63, 3.8) is 0 Å². The van der Waals surface area contributed by atoms with E-state index in [2.05, 4.69) is 10.3 Å². The third-order valence-corrected chi connectivity index (χ3v) is 5.44. The van der Waals surface area contributed by atoms with Gasteiger partial charge < -0.3 is 11.1 Å². The van der Waals surface area contributed by atoms with Crippen molar-refractivity contribution in [2.24, 2.45) is 16.1 Å². The number of carbonyl (C=O) groups is 1. The van der Waals surface area contributed by atoms with Gasteiger partial charge in [0, 0.05) is 24.4 Å². The third kappa shape index (κ3) is 2.98. The first kappa shape index (κ1) is 19.7. The van der Waals surface area contributed by atoms with E-state index in [1.54, 1.807) is 20.8 Å². The van der Waals surface area contributed by atoms with Crippen LogP contribution in [0.3, 0.4) is 0 Å². The number of hydrogen-bond acceptors (Lipinski definition) is 4. The molecule has 1 heterocycles. The predicted octanol–water partition coefficient (Wildman–Crippen LogP) is 3.88. The summed E-state index contributed by atoms with van der Waals surface area (Å²) in [6, 6.07) is 7.18. The molecule has 0 radical (unpaired) electrons. The molecule has 0 saturated carbocycles. The van der Waals surface area contributed by atoms with Crippen LogP contribution in [0.15, 0.2) is 41.4 Å². The van der Waals surface area contributed by atoms with E-state index in [0.29, 0.717) is 5.69 Å². The molecule has 0 saturated heterocycles. The van der Waals surface area contributed by atoms with Gasteiger partial charge in [-0.3, -0.25) is 9.69 Å². The summed E-state index contributed by atoms with van der Waals surface area (Å²) in [4.78, 5) is 18.4. The molecule has 0 fully saturated rings. The standard InChI is InChI=1S/C20H21F3N4O/c1-19(2)17(28)27(4)18(24)26-20(19,3)13-10-12(6-7-14(13)22)25-16-8-5-11(21)9-15(16)23/h5-10,25H,1-4H3,(H2,24,26). The van der Waals surface area contributed by atoms with Crippen LogP contribution in [0.5, 0.6) is 0 Å². The molecular weight excluding hydrogens is 369 g/mol. The number of halogens is 3. The Morgan fingerprint density at radius 1 is 1.04 bits per heavy atom. The molecule has 5 nitrogen and oxygen atoms in total. The first-order chi connectivity index (χ1) is 13.0. The highest BCUT2D eigenvalue weighted by molar-refractivity contribution is 6.01. The van der Waals surface area contributed by atoms with Crippen molar-refractivity contribution in [3.05, 3.63) is 59.4 Å². The fourth-order valence-electron chi connectivity index (χ4n) is 3.29. The lowest BCUT2D eigenvalue weighted by molar-refractivity contribution is -0.140. The van der Waals surface area contributed by atoms with Crippen molar-refractivity contribution in [2.75, 3.05) is 12.4 Å². The first-order valence-electron chi connectivity index (χ1n) is 8.63. The molecule has 0 aliphatic carbocycles. The zero-order valence-corrected chi connectivity index (χ0v) is 16.0. The van der Waals surface area contributed by atoms with E-state index in [0.717, 1.165) is 12.1 Å². The van der Waals surface area contributed by atoms with Crippen molar-refractivity contribution in [2.45, 2.75) is 26.3 Å². The molecule has 28 heavy (non-hydrogen) atoms. The first-order valence-corrected chi connectivity index (χ1v) is 8.63. The fourth-order valence-corrected chi connectivity index (χ4v) is 3.29. The van der Waals surface area contributed by atoms with Crippen molar-refractivity contribution in [1.29, 1.82) is 0 Å². The van der Waals surface area contributed by atoms with Crippen molar-refractivity contribution < 1.29 is 18.0 Å². The Bertz CT molecular complexity index is 989. The summed E-state index contributed by atoms with van der Waals surface area (Å²) in [6.45, 7) is 4.97. The van der Waals surface area contributed by atoms with Gasteiger partial charge in [-0.2, -0.15) is 0 Å². The SMILES string of the molecule is CN1C(=O)C(C)(C)C(C)(c2cc(Nc3ccc(F)cc3F)ccc2F)N=C1N. The molecule has 8 heteroatoms. The summed E-state index contributed by atoms with van der Waals surface area (Å²) in [5, 5.41) is 2.80. The maximum absolute atomic E-state index is 14.8. The largest absolute Gasteiger partial charge is 0.369 e. The van der Waals surface area contributed by atoms with Gasteiger partial charge in [0.1, 0.15) is 23.0 Å². The van der Waals surface area contributed by atoms with Crippen molar-refractivity contribution >= 4 is 23.2 Å². The molecule has 1 amide bonds. The molecular formula is C20H21F3N4O. The summed E-state index contributed by atoms with van der Waals surface area (Å²) >= 11 is 0. The molecule has 0 spiro atoms. The summed E-state index contributed by atoms with van der Waals surface area (Å²) in [5.41, 5.74) is 4.03. The number of nitrogens with two attached hydrogens (primary N) is 1.